The van der Waals surface area contributed by atoms with E-state index in [4.69, 9.17) is 11.6 Å². The van der Waals surface area contributed by atoms with Crippen LogP contribution < -0.4 is 5.32 Å². The van der Waals surface area contributed by atoms with E-state index in [1.165, 1.54) is 5.56 Å². The summed E-state index contributed by atoms with van der Waals surface area (Å²) in [6, 6.07) is 17.8. The summed E-state index contributed by atoms with van der Waals surface area (Å²) < 4.78 is 1.78. The van der Waals surface area contributed by atoms with Gasteiger partial charge in [0.1, 0.15) is 0 Å². The molecule has 1 aromatic heterocycles. The largest absolute Gasteiger partial charge is 0.343 e. The molecule has 0 bridgehead atoms. The minimum Gasteiger partial charge on any atom is -0.343 e. The average molecular weight is 387 g/mol. The average Bonchev–Trinajstić information content (AvgIpc) is 3.14. The maximum absolute atomic E-state index is 5.88. The molecule has 7 heteroatoms. The number of nitrogens with zero attached hydrogens (tertiary/aromatic N) is 4. The van der Waals surface area contributed by atoms with Crippen molar-refractivity contribution in [2.24, 2.45) is 0 Å². The van der Waals surface area contributed by atoms with Crippen LogP contribution in [-0.2, 0) is 0 Å². The number of para-hydroxylation sites is 1. The van der Waals surface area contributed by atoms with Gasteiger partial charge < -0.3 is 5.32 Å². The predicted molar refractivity (Wildman–Crippen MR) is 107 cm³/mol. The molecule has 26 heavy (non-hydrogen) atoms. The van der Waals surface area contributed by atoms with E-state index >= 15 is 0 Å². The molecule has 0 aliphatic rings. The summed E-state index contributed by atoms with van der Waals surface area (Å²) in [6.07, 6.45) is 5.39. The molecule has 0 aliphatic carbocycles. The first-order valence-electron chi connectivity index (χ1n) is 8.53. The van der Waals surface area contributed by atoms with E-state index in [-0.39, 0.29) is 0 Å². The number of hydrogen-bond acceptors (Lipinski definition) is 4. The highest BCUT2D eigenvalue weighted by Crippen LogP contribution is 2.18. The van der Waals surface area contributed by atoms with Crippen LogP contribution in [0.3, 0.4) is 0 Å². The lowest BCUT2D eigenvalue weighted by atomic mass is 10.2. The molecule has 0 amide bonds. The molecule has 2 N–H and O–H groups in total. The quantitative estimate of drug-likeness (QED) is 0.453. The normalized spacial score (nSPS) is 11.3. The highest BCUT2D eigenvalue weighted by Gasteiger charge is 2.08. The van der Waals surface area contributed by atoms with Gasteiger partial charge in [-0.05, 0) is 46.3 Å². The van der Waals surface area contributed by atoms with Gasteiger partial charge in [0.25, 0.3) is 0 Å². The van der Waals surface area contributed by atoms with Crippen molar-refractivity contribution in [2.45, 2.75) is 11.6 Å². The Kier molecular flexibility index (Phi) is 7.25. The molecule has 0 radical (unpaired) electrons. The van der Waals surface area contributed by atoms with Gasteiger partial charge in [0.05, 0.1) is 18.8 Å². The Labute approximate surface area is 162 Å². The number of thioether (sulfide) groups is 1. The van der Waals surface area contributed by atoms with Crippen molar-refractivity contribution in [1.82, 2.24) is 20.2 Å². The molecule has 5 nitrogen and oxygen atoms in total. The number of tetrazole rings is 1. The van der Waals surface area contributed by atoms with Gasteiger partial charge in [-0.25, -0.2) is 0 Å². The lowest BCUT2D eigenvalue weighted by molar-refractivity contribution is -0.645. The molecular formula is C19H21ClN5S+. The Morgan fingerprint density at radius 3 is 2.69 bits per heavy atom. The number of hydrogen-bond donors (Lipinski definition) is 1. The lowest BCUT2D eigenvalue weighted by Crippen LogP contribution is -2.84. The molecule has 0 fully saturated rings. The minimum absolute atomic E-state index is 0.768. The van der Waals surface area contributed by atoms with Crippen molar-refractivity contribution in [3.05, 3.63) is 71.3 Å². The predicted octanol–water partition coefficient (Wildman–Crippen LogP) is 3.07. The Balaban J connectivity index is 1.34. The molecule has 0 saturated heterocycles. The van der Waals surface area contributed by atoms with Crippen molar-refractivity contribution in [2.75, 3.05) is 18.8 Å². The number of halogens is 1. The fourth-order valence-corrected chi connectivity index (χ4v) is 3.36. The second-order valence-corrected chi connectivity index (χ2v) is 7.18. The fourth-order valence-electron chi connectivity index (χ4n) is 2.38. The second kappa shape index (κ2) is 10.1. The molecule has 0 saturated carbocycles. The molecule has 0 spiro atoms. The van der Waals surface area contributed by atoms with Crippen LogP contribution in [0.5, 0.6) is 0 Å². The molecule has 134 valence electrons. The van der Waals surface area contributed by atoms with E-state index in [9.17, 15) is 0 Å². The van der Waals surface area contributed by atoms with E-state index in [0.29, 0.717) is 0 Å². The minimum atomic E-state index is 0.768. The van der Waals surface area contributed by atoms with Crippen molar-refractivity contribution < 1.29 is 5.32 Å². The Bertz CT molecular complexity index is 817. The van der Waals surface area contributed by atoms with Gasteiger partial charge in [0.15, 0.2) is 0 Å². The van der Waals surface area contributed by atoms with Crippen LogP contribution in [0.15, 0.2) is 65.8 Å². The third-order valence-corrected chi connectivity index (χ3v) is 4.97. The zero-order chi connectivity index (χ0) is 18.0. The maximum atomic E-state index is 5.88. The lowest BCUT2D eigenvalue weighted by Gasteiger charge is -2.03. The van der Waals surface area contributed by atoms with Gasteiger partial charge >= 0.3 is 0 Å². The summed E-state index contributed by atoms with van der Waals surface area (Å²) in [5.74, 6) is 0.991. The number of nitrogens with two attached hydrogens (primary N) is 1. The van der Waals surface area contributed by atoms with Crippen molar-refractivity contribution in [1.29, 1.82) is 0 Å². The van der Waals surface area contributed by atoms with Gasteiger partial charge in [-0.2, -0.15) is 4.68 Å². The van der Waals surface area contributed by atoms with E-state index in [1.54, 1.807) is 16.4 Å². The number of rotatable bonds is 9. The van der Waals surface area contributed by atoms with E-state index in [0.717, 1.165) is 41.1 Å². The van der Waals surface area contributed by atoms with Crippen LogP contribution in [0, 0.1) is 0 Å². The van der Waals surface area contributed by atoms with Gasteiger partial charge in [-0.3, -0.25) is 0 Å². The van der Waals surface area contributed by atoms with Crippen LogP contribution in [-0.4, -0.2) is 39.0 Å². The molecule has 2 aromatic carbocycles. The van der Waals surface area contributed by atoms with E-state index in [1.807, 2.05) is 54.6 Å². The first-order chi connectivity index (χ1) is 12.8. The molecule has 1 heterocycles. The number of quaternary nitrogens is 1. The molecule has 0 aliphatic heterocycles. The summed E-state index contributed by atoms with van der Waals surface area (Å²) in [5.41, 5.74) is 2.16. The smallest absolute Gasteiger partial charge is 0.214 e. The van der Waals surface area contributed by atoms with Crippen LogP contribution in [0.25, 0.3) is 11.8 Å². The van der Waals surface area contributed by atoms with E-state index in [2.05, 4.69) is 33.0 Å². The molecule has 3 aromatic rings. The SMILES string of the molecule is Clc1ccc(/C=C/C[NH2+]CCCSc2nnnn2-c2ccccc2)cc1. The maximum Gasteiger partial charge on any atom is 0.214 e. The molecular weight excluding hydrogens is 366 g/mol. The number of benzene rings is 2. The first kappa shape index (κ1) is 18.6. The molecule has 0 atom stereocenters. The topological polar surface area (TPSA) is 60.2 Å². The van der Waals surface area contributed by atoms with Crippen molar-refractivity contribution in [3.63, 3.8) is 0 Å². The highest BCUT2D eigenvalue weighted by molar-refractivity contribution is 7.99. The summed E-state index contributed by atoms with van der Waals surface area (Å²) in [5, 5.41) is 15.9. The third-order valence-electron chi connectivity index (χ3n) is 3.71. The van der Waals surface area contributed by atoms with Crippen molar-refractivity contribution >= 4 is 29.4 Å². The van der Waals surface area contributed by atoms with Crippen LogP contribution in [0.1, 0.15) is 12.0 Å². The van der Waals surface area contributed by atoms with Gasteiger partial charge in [-0.1, -0.05) is 59.8 Å². The fraction of sp³-hybridized carbons (Fsp3) is 0.211. The summed E-state index contributed by atoms with van der Waals surface area (Å²) in [7, 11) is 0. The standard InChI is InChI=1S/C19H20ClN5S/c20-17-11-9-16(10-12-17)6-4-13-21-14-5-15-26-19-22-23-24-25(19)18-7-2-1-3-8-18/h1-4,6-12,21H,5,13-15H2/p+1/b6-4+. The third kappa shape index (κ3) is 5.69. The van der Waals surface area contributed by atoms with Gasteiger partial charge in [0, 0.05) is 17.2 Å². The van der Waals surface area contributed by atoms with Crippen LogP contribution in [0.4, 0.5) is 0 Å². The molecule has 0 unspecified atom stereocenters. The van der Waals surface area contributed by atoms with Gasteiger partial charge in [0.2, 0.25) is 5.16 Å². The monoisotopic (exact) mass is 386 g/mol. The Morgan fingerprint density at radius 1 is 1.08 bits per heavy atom. The second-order valence-electron chi connectivity index (χ2n) is 5.68. The zero-order valence-corrected chi connectivity index (χ0v) is 15.9. The summed E-state index contributed by atoms with van der Waals surface area (Å²) in [4.78, 5) is 0. The van der Waals surface area contributed by atoms with E-state index < -0.39 is 0 Å². The van der Waals surface area contributed by atoms with Crippen molar-refractivity contribution in [3.8, 4) is 5.69 Å². The first-order valence-corrected chi connectivity index (χ1v) is 9.89. The zero-order valence-electron chi connectivity index (χ0n) is 14.3. The Morgan fingerprint density at radius 2 is 1.88 bits per heavy atom. The number of aromatic nitrogens is 4. The van der Waals surface area contributed by atoms with Gasteiger partial charge in [-0.15, -0.1) is 5.10 Å². The summed E-state index contributed by atoms with van der Waals surface area (Å²) in [6.45, 7) is 2.04. The van der Waals surface area contributed by atoms with Crippen LogP contribution >= 0.6 is 23.4 Å². The van der Waals surface area contributed by atoms with Crippen LogP contribution in [0.2, 0.25) is 5.02 Å². The molecule has 3 rings (SSSR count). The Hall–Kier alpha value is -2.15. The highest BCUT2D eigenvalue weighted by atomic mass is 35.5. The summed E-state index contributed by atoms with van der Waals surface area (Å²) >= 11 is 7.57.